The van der Waals surface area contributed by atoms with Gasteiger partial charge in [-0.3, -0.25) is 0 Å². The quantitative estimate of drug-likeness (QED) is 0.117. The molecule has 0 aliphatic rings. The van der Waals surface area contributed by atoms with Crippen LogP contribution < -0.4 is 31.5 Å². The van der Waals surface area contributed by atoms with Crippen molar-refractivity contribution >= 4 is 42.3 Å². The van der Waals surface area contributed by atoms with Crippen molar-refractivity contribution in [1.82, 2.24) is 23.7 Å². The molecule has 0 saturated heterocycles. The maximum Gasteiger partial charge on any atom is 0.286 e. The predicted molar refractivity (Wildman–Crippen MR) is 170 cm³/mol. The van der Waals surface area contributed by atoms with Crippen LogP contribution in [0.15, 0.2) is 125 Å². The topological polar surface area (TPSA) is 84.0 Å². The molecular formula is C32H28BrN10S+. The van der Waals surface area contributed by atoms with Gasteiger partial charge in [0, 0.05) is 23.3 Å². The Hall–Kier alpha value is -5.07. The zero-order valence-corrected chi connectivity index (χ0v) is 26.4. The molecule has 0 bridgehead atoms. The molecule has 5 aromatic heterocycles. The molecule has 0 fully saturated rings. The molecule has 10 nitrogen and oxygen atoms in total. The van der Waals surface area contributed by atoms with E-state index in [9.17, 15) is 0 Å². The van der Waals surface area contributed by atoms with Gasteiger partial charge in [0.1, 0.15) is 12.4 Å². The Balaban J connectivity index is 0.00000343. The van der Waals surface area contributed by atoms with E-state index < -0.39 is 0 Å². The van der Waals surface area contributed by atoms with E-state index >= 15 is 0 Å². The van der Waals surface area contributed by atoms with Crippen LogP contribution in [0.4, 0.5) is 5.95 Å². The Labute approximate surface area is 269 Å². The van der Waals surface area contributed by atoms with E-state index in [0.29, 0.717) is 11.1 Å². The van der Waals surface area contributed by atoms with Crippen LogP contribution in [0.25, 0.3) is 33.8 Å². The maximum atomic E-state index is 4.53. The van der Waals surface area contributed by atoms with Crippen LogP contribution in [0, 0.1) is 0 Å². The van der Waals surface area contributed by atoms with Crippen molar-refractivity contribution in [3.63, 3.8) is 0 Å². The second-order valence-electron chi connectivity index (χ2n) is 10.1. The summed E-state index contributed by atoms with van der Waals surface area (Å²) in [6.07, 6.45) is 11.8. The van der Waals surface area contributed by atoms with Gasteiger partial charge in [0.15, 0.2) is 11.4 Å². The van der Waals surface area contributed by atoms with Gasteiger partial charge in [-0.25, -0.2) is 23.4 Å². The molecule has 0 saturated carbocycles. The van der Waals surface area contributed by atoms with Gasteiger partial charge in [0.2, 0.25) is 5.16 Å². The van der Waals surface area contributed by atoms with Gasteiger partial charge in [-0.05, 0) is 47.5 Å². The van der Waals surface area contributed by atoms with Gasteiger partial charge in [0.25, 0.3) is 17.2 Å². The minimum atomic E-state index is 0. The van der Waals surface area contributed by atoms with Crippen LogP contribution in [0.1, 0.15) is 11.1 Å². The fraction of sp³-hybridized carbons (Fsp3) is 0.0625. The maximum absolute atomic E-state index is 4.53. The number of aryl methyl sites for hydroxylation is 2. The molecule has 218 valence electrons. The van der Waals surface area contributed by atoms with Crippen molar-refractivity contribution in [2.75, 3.05) is 5.43 Å². The first-order valence-corrected chi connectivity index (χ1v) is 14.1. The van der Waals surface area contributed by atoms with E-state index in [2.05, 4.69) is 119 Å². The smallest absolute Gasteiger partial charge is 0.286 e. The van der Waals surface area contributed by atoms with E-state index in [1.54, 1.807) is 12.4 Å². The van der Waals surface area contributed by atoms with Crippen molar-refractivity contribution in [3.05, 3.63) is 121 Å². The molecule has 7 aromatic rings. The number of fused-ring (bicyclic) bond motifs is 2. The zero-order valence-electron chi connectivity index (χ0n) is 23.9. The summed E-state index contributed by atoms with van der Waals surface area (Å²) in [6.45, 7) is 0. The number of imidazole rings is 2. The molecular weight excluding hydrogens is 636 g/mol. The lowest BCUT2D eigenvalue weighted by Gasteiger charge is -2.02. The summed E-state index contributed by atoms with van der Waals surface area (Å²) in [4.78, 5) is 0. The molecule has 0 aliphatic heterocycles. The standard InChI is InChI=1S/C32H27N10S.BrH/c1-38-27(21-40-17-5-3-7-29(38)40)25-13-9-23(10-14-25)19-33-35-31-36-37-32(43)42(31)34-20-24-11-15-26(16-12-24)28-22-41-18-6-4-8-30(41)39(28)2;/h3-22H,1-2H3,(H-,35,36,37,43);1H/q+1;/b33-19-,34-20+;. The number of halogens is 1. The molecule has 5 heterocycles. The third kappa shape index (κ3) is 5.52. The number of benzene rings is 2. The Morgan fingerprint density at radius 2 is 1.23 bits per heavy atom. The van der Waals surface area contributed by atoms with Crippen molar-refractivity contribution in [3.8, 4) is 22.5 Å². The monoisotopic (exact) mass is 663 g/mol. The normalized spacial score (nSPS) is 11.6. The van der Waals surface area contributed by atoms with Crippen LogP contribution in [0.3, 0.4) is 0 Å². The fourth-order valence-corrected chi connectivity index (χ4v) is 5.31. The molecule has 0 radical (unpaired) electrons. The van der Waals surface area contributed by atoms with E-state index in [1.165, 1.54) is 4.68 Å². The van der Waals surface area contributed by atoms with Crippen LogP contribution in [-0.4, -0.2) is 36.1 Å². The number of pyridine rings is 2. The van der Waals surface area contributed by atoms with Gasteiger partial charge < -0.3 is 17.0 Å². The number of anilines is 1. The highest BCUT2D eigenvalue weighted by molar-refractivity contribution is 7.80. The highest BCUT2D eigenvalue weighted by Gasteiger charge is 2.16. The van der Waals surface area contributed by atoms with Crippen LogP contribution in [0.2, 0.25) is 0 Å². The van der Waals surface area contributed by atoms with Gasteiger partial charge >= 0.3 is 0 Å². The average molecular weight is 665 g/mol. The highest BCUT2D eigenvalue weighted by Crippen LogP contribution is 2.19. The van der Waals surface area contributed by atoms with E-state index in [0.717, 1.165) is 44.9 Å². The van der Waals surface area contributed by atoms with Crippen LogP contribution in [-0.2, 0) is 14.1 Å². The predicted octanol–water partition coefficient (Wildman–Crippen LogP) is 1.39. The molecule has 12 heteroatoms. The SMILES string of the molecule is C[n+]1c(-c2ccc(/C=N\Nc3nnc(S)n3/N=C/c3ccc(-c4cn5ccccc5[n+]4C)cc3)cc2)cn2ccccc21.[Br-]. The molecule has 2 aromatic carbocycles. The number of hydrazone groups is 1. The average Bonchev–Trinajstić information content (AvgIpc) is 3.69. The largest absolute Gasteiger partial charge is 1.00 e. The van der Waals surface area contributed by atoms with Crippen molar-refractivity contribution in [2.24, 2.45) is 24.3 Å². The fourth-order valence-electron chi connectivity index (χ4n) is 5.12. The number of thiol groups is 1. The van der Waals surface area contributed by atoms with Crippen molar-refractivity contribution in [2.45, 2.75) is 5.16 Å². The molecule has 0 spiro atoms. The minimum Gasteiger partial charge on any atom is -1.00 e. The Bertz CT molecular complexity index is 2140. The lowest BCUT2D eigenvalue weighted by Crippen LogP contribution is -3.00. The zero-order chi connectivity index (χ0) is 29.3. The Morgan fingerprint density at radius 1 is 0.705 bits per heavy atom. The molecule has 0 atom stereocenters. The summed E-state index contributed by atoms with van der Waals surface area (Å²) in [5.74, 6) is 0.353. The molecule has 44 heavy (non-hydrogen) atoms. The van der Waals surface area contributed by atoms with Gasteiger partial charge in [-0.2, -0.15) is 14.9 Å². The molecule has 0 amide bonds. The first kappa shape index (κ1) is 29.0. The van der Waals surface area contributed by atoms with Crippen LogP contribution in [0.5, 0.6) is 0 Å². The summed E-state index contributed by atoms with van der Waals surface area (Å²) < 4.78 is 10.1. The number of aromatic nitrogens is 7. The van der Waals surface area contributed by atoms with Crippen molar-refractivity contribution in [1.29, 1.82) is 0 Å². The third-order valence-corrected chi connectivity index (χ3v) is 7.68. The summed E-state index contributed by atoms with van der Waals surface area (Å²) in [6, 6.07) is 28.7. The number of hydrogen-bond acceptors (Lipinski definition) is 6. The van der Waals surface area contributed by atoms with Gasteiger partial charge in [-0.1, -0.05) is 36.4 Å². The number of nitrogens with one attached hydrogen (secondary N) is 1. The van der Waals surface area contributed by atoms with E-state index in [4.69, 9.17) is 0 Å². The summed E-state index contributed by atoms with van der Waals surface area (Å²) in [7, 11) is 4.14. The second kappa shape index (κ2) is 12.3. The Kier molecular flexibility index (Phi) is 8.09. The summed E-state index contributed by atoms with van der Waals surface area (Å²) >= 11 is 4.40. The Morgan fingerprint density at radius 3 is 1.75 bits per heavy atom. The van der Waals surface area contributed by atoms with Crippen LogP contribution >= 0.6 is 12.6 Å². The second-order valence-corrected chi connectivity index (χ2v) is 10.5. The third-order valence-electron chi connectivity index (χ3n) is 7.41. The lowest BCUT2D eigenvalue weighted by atomic mass is 10.1. The van der Waals surface area contributed by atoms with Gasteiger partial charge in [-0.15, -0.1) is 22.8 Å². The van der Waals surface area contributed by atoms with Gasteiger partial charge in [0.05, 0.1) is 38.9 Å². The lowest BCUT2D eigenvalue weighted by molar-refractivity contribution is -0.633. The molecule has 0 aliphatic carbocycles. The number of hydrogen-bond donors (Lipinski definition) is 2. The van der Waals surface area contributed by atoms with E-state index in [1.807, 2.05) is 60.9 Å². The number of nitrogens with zero attached hydrogens (tertiary/aromatic N) is 9. The van der Waals surface area contributed by atoms with E-state index in [-0.39, 0.29) is 17.0 Å². The highest BCUT2D eigenvalue weighted by atomic mass is 79.9. The summed E-state index contributed by atoms with van der Waals surface area (Å²) in [5, 5.41) is 17.4. The van der Waals surface area contributed by atoms with Crippen molar-refractivity contribution < 1.29 is 26.1 Å². The molecule has 7 rings (SSSR count). The number of rotatable bonds is 7. The minimum absolute atomic E-state index is 0. The molecule has 0 unspecified atom stereocenters. The molecule has 1 N–H and O–H groups in total. The first-order valence-electron chi connectivity index (χ1n) is 13.7. The summed E-state index contributed by atoms with van der Waals surface area (Å²) in [5.41, 5.74) is 11.5. The first-order chi connectivity index (χ1) is 21.0.